The summed E-state index contributed by atoms with van der Waals surface area (Å²) in [5.74, 6) is 1.38. The summed E-state index contributed by atoms with van der Waals surface area (Å²) < 4.78 is 5.78. The zero-order valence-corrected chi connectivity index (χ0v) is 16.0. The average molecular weight is 376 g/mol. The van der Waals surface area contributed by atoms with Crippen LogP contribution in [0.5, 0.6) is 0 Å². The highest BCUT2D eigenvalue weighted by molar-refractivity contribution is 5.78. The van der Waals surface area contributed by atoms with Gasteiger partial charge in [-0.1, -0.05) is 24.3 Å². The van der Waals surface area contributed by atoms with Crippen molar-refractivity contribution in [3.8, 4) is 11.5 Å². The van der Waals surface area contributed by atoms with Gasteiger partial charge in [0.25, 0.3) is 0 Å². The molecule has 28 heavy (non-hydrogen) atoms. The fourth-order valence-corrected chi connectivity index (χ4v) is 3.43. The topological polar surface area (TPSA) is 62.5 Å². The van der Waals surface area contributed by atoms with Crippen LogP contribution in [-0.2, 0) is 17.8 Å². The van der Waals surface area contributed by atoms with Crippen LogP contribution in [0.4, 0.5) is 0 Å². The van der Waals surface area contributed by atoms with Gasteiger partial charge in [-0.3, -0.25) is 14.7 Å². The van der Waals surface area contributed by atoms with Gasteiger partial charge in [-0.25, -0.2) is 4.98 Å². The number of oxazole rings is 1. The molecule has 1 amide bonds. The Bertz CT molecular complexity index is 916. The van der Waals surface area contributed by atoms with Crippen molar-refractivity contribution in [1.82, 2.24) is 19.8 Å². The van der Waals surface area contributed by atoms with Gasteiger partial charge in [-0.15, -0.1) is 0 Å². The third-order valence-corrected chi connectivity index (χ3v) is 5.07. The van der Waals surface area contributed by atoms with Crippen LogP contribution in [-0.4, -0.2) is 51.9 Å². The Morgan fingerprint density at radius 2 is 1.79 bits per heavy atom. The van der Waals surface area contributed by atoms with Crippen molar-refractivity contribution in [2.24, 2.45) is 0 Å². The van der Waals surface area contributed by atoms with Gasteiger partial charge in [0.1, 0.15) is 5.76 Å². The maximum Gasteiger partial charge on any atom is 0.228 e. The number of rotatable bonds is 5. The highest BCUT2D eigenvalue weighted by Gasteiger charge is 2.23. The summed E-state index contributed by atoms with van der Waals surface area (Å²) >= 11 is 0. The largest absolute Gasteiger partial charge is 0.441 e. The van der Waals surface area contributed by atoms with E-state index >= 15 is 0 Å². The molecule has 0 unspecified atom stereocenters. The van der Waals surface area contributed by atoms with Crippen molar-refractivity contribution in [3.63, 3.8) is 0 Å². The number of amides is 1. The molecule has 6 heteroatoms. The van der Waals surface area contributed by atoms with Crippen molar-refractivity contribution in [2.75, 3.05) is 26.2 Å². The zero-order valence-electron chi connectivity index (χ0n) is 16.0. The van der Waals surface area contributed by atoms with E-state index in [0.717, 1.165) is 49.7 Å². The highest BCUT2D eigenvalue weighted by Crippen LogP contribution is 2.22. The smallest absolute Gasteiger partial charge is 0.228 e. The predicted octanol–water partition coefficient (Wildman–Crippen LogP) is 2.93. The van der Waals surface area contributed by atoms with Crippen molar-refractivity contribution in [3.05, 3.63) is 71.9 Å². The molecule has 1 aliphatic rings. The van der Waals surface area contributed by atoms with Crippen LogP contribution in [0.3, 0.4) is 0 Å². The molecule has 1 aromatic carbocycles. The van der Waals surface area contributed by atoms with Crippen molar-refractivity contribution in [1.29, 1.82) is 0 Å². The molecule has 3 heterocycles. The molecule has 144 valence electrons. The van der Waals surface area contributed by atoms with Crippen molar-refractivity contribution >= 4 is 5.91 Å². The third-order valence-electron chi connectivity index (χ3n) is 5.07. The van der Waals surface area contributed by atoms with Crippen LogP contribution in [0.25, 0.3) is 11.5 Å². The molecule has 0 aliphatic carbocycles. The molecule has 6 nitrogen and oxygen atoms in total. The second kappa shape index (κ2) is 8.35. The Morgan fingerprint density at radius 1 is 1.04 bits per heavy atom. The number of carbonyl (C=O) groups is 1. The summed E-state index contributed by atoms with van der Waals surface area (Å²) in [6.45, 7) is 5.87. The van der Waals surface area contributed by atoms with E-state index in [1.807, 2.05) is 66.6 Å². The first kappa shape index (κ1) is 18.4. The summed E-state index contributed by atoms with van der Waals surface area (Å²) in [7, 11) is 0. The maximum absolute atomic E-state index is 12.7. The molecule has 0 N–H and O–H groups in total. The maximum atomic E-state index is 12.7. The lowest BCUT2D eigenvalue weighted by Gasteiger charge is -2.34. The fourth-order valence-electron chi connectivity index (χ4n) is 3.43. The predicted molar refractivity (Wildman–Crippen MR) is 106 cm³/mol. The van der Waals surface area contributed by atoms with E-state index in [9.17, 15) is 4.79 Å². The van der Waals surface area contributed by atoms with E-state index in [2.05, 4.69) is 14.9 Å². The Labute approximate surface area is 164 Å². The summed E-state index contributed by atoms with van der Waals surface area (Å²) in [5.41, 5.74) is 2.71. The molecule has 0 atom stereocenters. The van der Waals surface area contributed by atoms with Gasteiger partial charge in [-0.2, -0.15) is 0 Å². The molecule has 1 saturated heterocycles. The minimum absolute atomic E-state index is 0.105. The van der Waals surface area contributed by atoms with Gasteiger partial charge in [0.2, 0.25) is 11.8 Å². The lowest BCUT2D eigenvalue weighted by Crippen LogP contribution is -2.48. The average Bonchev–Trinajstić information content (AvgIpc) is 3.10. The SMILES string of the molecule is Cc1oc(-c2ccccc2)nc1CC(=O)N1CCN(Cc2ccccn2)CC1. The number of piperazine rings is 1. The zero-order chi connectivity index (χ0) is 19.3. The number of carbonyl (C=O) groups excluding carboxylic acids is 1. The normalized spacial score (nSPS) is 15.0. The Kier molecular flexibility index (Phi) is 5.48. The standard InChI is InChI=1S/C22H24N4O2/c1-17-20(24-22(28-17)18-7-3-2-4-8-18)15-21(27)26-13-11-25(12-14-26)16-19-9-5-6-10-23-19/h2-10H,11-16H2,1H3. The van der Waals surface area contributed by atoms with E-state index < -0.39 is 0 Å². The van der Waals surface area contributed by atoms with Gasteiger partial charge < -0.3 is 9.32 Å². The van der Waals surface area contributed by atoms with E-state index in [4.69, 9.17) is 4.42 Å². The molecule has 4 rings (SSSR count). The number of hydrogen-bond donors (Lipinski definition) is 0. The molecule has 1 aliphatic heterocycles. The summed E-state index contributed by atoms with van der Waals surface area (Å²) in [5, 5.41) is 0. The monoisotopic (exact) mass is 376 g/mol. The third kappa shape index (κ3) is 4.28. The van der Waals surface area contributed by atoms with Gasteiger partial charge >= 0.3 is 0 Å². The van der Waals surface area contributed by atoms with E-state index in [0.29, 0.717) is 11.7 Å². The molecule has 1 fully saturated rings. The summed E-state index contributed by atoms with van der Waals surface area (Å²) in [4.78, 5) is 25.9. The van der Waals surface area contributed by atoms with Crippen LogP contribution in [0.2, 0.25) is 0 Å². The number of pyridine rings is 1. The van der Waals surface area contributed by atoms with Crippen LogP contribution >= 0.6 is 0 Å². The second-order valence-corrected chi connectivity index (χ2v) is 7.04. The summed E-state index contributed by atoms with van der Waals surface area (Å²) in [6.07, 6.45) is 2.10. The molecule has 3 aromatic rings. The van der Waals surface area contributed by atoms with E-state index in [-0.39, 0.29) is 12.3 Å². The van der Waals surface area contributed by atoms with Crippen LogP contribution < -0.4 is 0 Å². The van der Waals surface area contributed by atoms with Gasteiger partial charge in [0.15, 0.2) is 0 Å². The first-order valence-corrected chi connectivity index (χ1v) is 9.61. The van der Waals surface area contributed by atoms with Gasteiger partial charge in [0, 0.05) is 44.5 Å². The summed E-state index contributed by atoms with van der Waals surface area (Å²) in [6, 6.07) is 15.7. The van der Waals surface area contributed by atoms with Crippen LogP contribution in [0, 0.1) is 6.92 Å². The fraction of sp³-hybridized carbons (Fsp3) is 0.318. The Balaban J connectivity index is 1.33. The van der Waals surface area contributed by atoms with Gasteiger partial charge in [-0.05, 0) is 31.2 Å². The molecule has 0 radical (unpaired) electrons. The molecule has 0 saturated carbocycles. The molecular formula is C22H24N4O2. The number of aryl methyl sites for hydroxylation is 1. The molecule has 0 bridgehead atoms. The van der Waals surface area contributed by atoms with Gasteiger partial charge in [0.05, 0.1) is 17.8 Å². The Morgan fingerprint density at radius 3 is 2.50 bits per heavy atom. The minimum Gasteiger partial charge on any atom is -0.441 e. The van der Waals surface area contributed by atoms with E-state index in [1.165, 1.54) is 0 Å². The number of nitrogens with zero attached hydrogens (tertiary/aromatic N) is 4. The molecule has 0 spiro atoms. The Hall–Kier alpha value is -2.99. The lowest BCUT2D eigenvalue weighted by atomic mass is 10.2. The quantitative estimate of drug-likeness (QED) is 0.685. The highest BCUT2D eigenvalue weighted by atomic mass is 16.4. The first-order chi connectivity index (χ1) is 13.7. The van der Waals surface area contributed by atoms with Crippen LogP contribution in [0.1, 0.15) is 17.1 Å². The minimum atomic E-state index is 0.105. The molecular weight excluding hydrogens is 352 g/mol. The van der Waals surface area contributed by atoms with E-state index in [1.54, 1.807) is 0 Å². The first-order valence-electron chi connectivity index (χ1n) is 9.61. The van der Waals surface area contributed by atoms with Crippen molar-refractivity contribution < 1.29 is 9.21 Å². The molecule has 2 aromatic heterocycles. The lowest BCUT2D eigenvalue weighted by molar-refractivity contribution is -0.132. The van der Waals surface area contributed by atoms with Crippen LogP contribution in [0.15, 0.2) is 59.1 Å². The second-order valence-electron chi connectivity index (χ2n) is 7.04. The number of benzene rings is 1. The van der Waals surface area contributed by atoms with Crippen molar-refractivity contribution in [2.45, 2.75) is 19.9 Å². The number of hydrogen-bond acceptors (Lipinski definition) is 5. The number of aromatic nitrogens is 2.